The number of sulfonamides is 1. The second-order valence-electron chi connectivity index (χ2n) is 5.90. The van der Waals surface area contributed by atoms with Gasteiger partial charge < -0.3 is 5.32 Å². The molecule has 0 unspecified atom stereocenters. The summed E-state index contributed by atoms with van der Waals surface area (Å²) in [4.78, 5) is 21.0. The van der Waals surface area contributed by atoms with Crippen LogP contribution in [0.2, 0.25) is 0 Å². The molecule has 0 aliphatic heterocycles. The third-order valence-electron chi connectivity index (χ3n) is 4.00. The second-order valence-corrected chi connectivity index (χ2v) is 8.47. The molecule has 1 amide bonds. The molecule has 2 N–H and O–H groups in total. The van der Waals surface area contributed by atoms with Crippen molar-refractivity contribution in [3.8, 4) is 0 Å². The Balaban J connectivity index is 1.54. The van der Waals surface area contributed by atoms with Gasteiger partial charge in [0, 0.05) is 23.5 Å². The Morgan fingerprint density at radius 2 is 1.93 bits per heavy atom. The number of nitrogens with zero attached hydrogens (tertiary/aromatic N) is 3. The fraction of sp³-hybridized carbons (Fsp3) is 0.0556. The van der Waals surface area contributed by atoms with Crippen molar-refractivity contribution in [2.45, 2.75) is 11.8 Å². The van der Waals surface area contributed by atoms with E-state index in [2.05, 4.69) is 20.0 Å². The van der Waals surface area contributed by atoms with E-state index in [1.165, 1.54) is 41.8 Å². The molecule has 0 radical (unpaired) electrons. The number of thiazole rings is 1. The van der Waals surface area contributed by atoms with Crippen molar-refractivity contribution in [2.75, 3.05) is 10.0 Å². The molecule has 0 atom stereocenters. The molecule has 0 saturated heterocycles. The number of carbonyl (C=O) groups is 1. The van der Waals surface area contributed by atoms with Crippen LogP contribution in [0, 0.1) is 6.92 Å². The highest BCUT2D eigenvalue weighted by Gasteiger charge is 2.18. The highest BCUT2D eigenvalue weighted by molar-refractivity contribution is 7.93. The monoisotopic (exact) mass is 413 g/mol. The normalized spacial score (nSPS) is 11.5. The number of aryl methyl sites for hydroxylation is 1. The van der Waals surface area contributed by atoms with Crippen LogP contribution < -0.4 is 10.0 Å². The summed E-state index contributed by atoms with van der Waals surface area (Å²) < 4.78 is 28.9. The number of benzene rings is 1. The zero-order chi connectivity index (χ0) is 19.7. The average Bonchev–Trinajstić information content (AvgIpc) is 3.28. The van der Waals surface area contributed by atoms with E-state index >= 15 is 0 Å². The number of pyridine rings is 1. The maximum atomic E-state index is 12.7. The van der Waals surface area contributed by atoms with Crippen molar-refractivity contribution in [1.82, 2.24) is 14.4 Å². The van der Waals surface area contributed by atoms with Gasteiger partial charge in [-0.15, -0.1) is 11.3 Å². The smallest absolute Gasteiger partial charge is 0.274 e. The lowest BCUT2D eigenvalue weighted by atomic mass is 10.3. The van der Waals surface area contributed by atoms with Crippen LogP contribution in [0.3, 0.4) is 0 Å². The molecular formula is C18H15N5O3S2. The predicted molar refractivity (Wildman–Crippen MR) is 107 cm³/mol. The lowest BCUT2D eigenvalue weighted by Crippen LogP contribution is -2.16. The summed E-state index contributed by atoms with van der Waals surface area (Å²) >= 11 is 1.19. The zero-order valence-corrected chi connectivity index (χ0v) is 16.3. The van der Waals surface area contributed by atoms with E-state index in [9.17, 15) is 13.2 Å². The number of aromatic nitrogens is 3. The van der Waals surface area contributed by atoms with Crippen LogP contribution in [0.15, 0.2) is 65.1 Å². The summed E-state index contributed by atoms with van der Waals surface area (Å²) in [7, 11) is -3.74. The van der Waals surface area contributed by atoms with Gasteiger partial charge in [0.1, 0.15) is 11.3 Å². The molecule has 142 valence electrons. The van der Waals surface area contributed by atoms with Gasteiger partial charge in [0.25, 0.3) is 15.9 Å². The lowest BCUT2D eigenvalue weighted by Gasteiger charge is -2.08. The first-order valence-corrected chi connectivity index (χ1v) is 10.6. The molecule has 0 bridgehead atoms. The summed E-state index contributed by atoms with van der Waals surface area (Å²) in [5.74, 6) is -0.326. The molecule has 3 aromatic heterocycles. The highest BCUT2D eigenvalue weighted by Crippen LogP contribution is 2.20. The van der Waals surface area contributed by atoms with Gasteiger partial charge in [0.05, 0.1) is 10.6 Å². The molecule has 28 heavy (non-hydrogen) atoms. The number of amides is 1. The summed E-state index contributed by atoms with van der Waals surface area (Å²) in [6.07, 6.45) is 3.29. The van der Waals surface area contributed by atoms with Crippen LogP contribution in [0.25, 0.3) is 5.65 Å². The molecule has 10 heteroatoms. The third kappa shape index (κ3) is 3.47. The number of hydrogen-bond acceptors (Lipinski definition) is 6. The number of imidazole rings is 1. The van der Waals surface area contributed by atoms with Crippen molar-refractivity contribution in [2.24, 2.45) is 0 Å². The number of anilines is 2. The largest absolute Gasteiger partial charge is 0.321 e. The van der Waals surface area contributed by atoms with E-state index < -0.39 is 10.0 Å². The predicted octanol–water partition coefficient (Wildman–Crippen LogP) is 3.15. The number of carbonyl (C=O) groups excluding carboxylic acids is 1. The molecule has 0 aliphatic carbocycles. The molecule has 0 aliphatic rings. The van der Waals surface area contributed by atoms with E-state index in [1.807, 2.05) is 18.2 Å². The van der Waals surface area contributed by atoms with Crippen molar-refractivity contribution >= 4 is 43.7 Å². The first-order valence-electron chi connectivity index (χ1n) is 8.21. The summed E-state index contributed by atoms with van der Waals surface area (Å²) in [5.41, 5.74) is 2.19. The number of hydrogen-bond donors (Lipinski definition) is 2. The van der Waals surface area contributed by atoms with E-state index in [0.29, 0.717) is 27.9 Å². The van der Waals surface area contributed by atoms with Gasteiger partial charge >= 0.3 is 0 Å². The summed E-state index contributed by atoms with van der Waals surface area (Å²) in [6.45, 7) is 1.77. The van der Waals surface area contributed by atoms with Gasteiger partial charge in [-0.2, -0.15) is 0 Å². The van der Waals surface area contributed by atoms with Gasteiger partial charge in [0.2, 0.25) is 0 Å². The molecule has 0 spiro atoms. The van der Waals surface area contributed by atoms with Crippen molar-refractivity contribution in [3.05, 3.63) is 71.6 Å². The quantitative estimate of drug-likeness (QED) is 0.523. The van der Waals surface area contributed by atoms with Crippen LogP contribution in [0.5, 0.6) is 0 Å². The van der Waals surface area contributed by atoms with Gasteiger partial charge in [0.15, 0.2) is 5.13 Å². The Labute approximate surface area is 164 Å². The second kappa shape index (κ2) is 7.06. The molecule has 4 aromatic rings. The van der Waals surface area contributed by atoms with Gasteiger partial charge in [-0.25, -0.2) is 18.4 Å². The van der Waals surface area contributed by atoms with Crippen molar-refractivity contribution in [3.63, 3.8) is 0 Å². The minimum absolute atomic E-state index is 0.0756. The number of fused-ring (bicyclic) bond motifs is 1. The van der Waals surface area contributed by atoms with Gasteiger partial charge in [-0.1, -0.05) is 6.07 Å². The minimum Gasteiger partial charge on any atom is -0.321 e. The van der Waals surface area contributed by atoms with Crippen LogP contribution in [0.1, 0.15) is 16.2 Å². The van der Waals surface area contributed by atoms with Gasteiger partial charge in [-0.3, -0.25) is 13.9 Å². The van der Waals surface area contributed by atoms with Crippen molar-refractivity contribution in [1.29, 1.82) is 0 Å². The van der Waals surface area contributed by atoms with Crippen LogP contribution in [0.4, 0.5) is 10.8 Å². The van der Waals surface area contributed by atoms with E-state index in [1.54, 1.807) is 22.9 Å². The molecule has 0 saturated carbocycles. The van der Waals surface area contributed by atoms with Crippen LogP contribution in [-0.4, -0.2) is 28.7 Å². The van der Waals surface area contributed by atoms with Crippen LogP contribution in [-0.2, 0) is 10.0 Å². The standard InChI is InChI=1S/C18H15N5O3S2/c1-12-16(23-10-3-2-4-15(23)20-12)17(24)21-13-5-7-14(8-6-13)28(25,26)22-18-19-9-11-27-18/h2-11H,1H3,(H,19,22)(H,21,24). The maximum Gasteiger partial charge on any atom is 0.274 e. The first-order chi connectivity index (χ1) is 13.4. The summed E-state index contributed by atoms with van der Waals surface area (Å²) in [6, 6.07) is 11.4. The lowest BCUT2D eigenvalue weighted by molar-refractivity contribution is 0.102. The molecule has 1 aromatic carbocycles. The molecule has 3 heterocycles. The highest BCUT2D eigenvalue weighted by atomic mass is 32.2. The Bertz CT molecular complexity index is 1250. The van der Waals surface area contributed by atoms with Crippen molar-refractivity contribution < 1.29 is 13.2 Å². The zero-order valence-electron chi connectivity index (χ0n) is 14.7. The third-order valence-corrected chi connectivity index (χ3v) is 6.17. The topological polar surface area (TPSA) is 105 Å². The summed E-state index contributed by atoms with van der Waals surface area (Å²) in [5, 5.41) is 4.75. The molecule has 8 nitrogen and oxygen atoms in total. The minimum atomic E-state index is -3.74. The molecule has 4 rings (SSSR count). The SMILES string of the molecule is Cc1nc2ccccn2c1C(=O)Nc1ccc(S(=O)(=O)Nc2nccs2)cc1. The van der Waals surface area contributed by atoms with E-state index in [0.717, 1.165) is 0 Å². The van der Waals surface area contributed by atoms with E-state index in [-0.39, 0.29) is 10.8 Å². The Morgan fingerprint density at radius 3 is 2.64 bits per heavy atom. The molecular weight excluding hydrogens is 398 g/mol. The Hall–Kier alpha value is -3.24. The fourth-order valence-corrected chi connectivity index (χ4v) is 4.53. The Kier molecular flexibility index (Phi) is 4.57. The van der Waals surface area contributed by atoms with Gasteiger partial charge in [-0.05, 0) is 43.3 Å². The van der Waals surface area contributed by atoms with E-state index in [4.69, 9.17) is 0 Å². The number of rotatable bonds is 5. The maximum absolute atomic E-state index is 12.7. The molecule has 0 fully saturated rings. The number of nitrogens with one attached hydrogen (secondary N) is 2. The Morgan fingerprint density at radius 1 is 1.14 bits per heavy atom. The first kappa shape index (κ1) is 18.1. The fourth-order valence-electron chi connectivity index (χ4n) is 2.74. The van der Waals surface area contributed by atoms with Crippen LogP contribution >= 0.6 is 11.3 Å². The average molecular weight is 413 g/mol.